The van der Waals surface area contributed by atoms with Gasteiger partial charge in [0.15, 0.2) is 5.82 Å². The summed E-state index contributed by atoms with van der Waals surface area (Å²) in [4.78, 5) is 4.38. The van der Waals surface area contributed by atoms with Gasteiger partial charge in [0, 0.05) is 12.1 Å². The molecule has 0 amide bonds. The Kier molecular flexibility index (Phi) is 5.69. The number of hydrogen-bond donors (Lipinski definition) is 1. The zero-order valence-electron chi connectivity index (χ0n) is 16.3. The minimum Gasteiger partial charge on any atom is -0.493 e. The molecule has 1 N–H and O–H groups in total. The lowest BCUT2D eigenvalue weighted by molar-refractivity contribution is 0.339. The Bertz CT molecular complexity index is 1070. The molecule has 1 heterocycles. The monoisotopic (exact) mass is 401 g/mol. The van der Waals surface area contributed by atoms with E-state index in [1.54, 1.807) is 18.2 Å². The van der Waals surface area contributed by atoms with Crippen LogP contribution in [0, 0.1) is 13.8 Å². The highest BCUT2D eigenvalue weighted by Gasteiger charge is 2.21. The van der Waals surface area contributed by atoms with Crippen LogP contribution in [0.25, 0.3) is 11.5 Å². The highest BCUT2D eigenvalue weighted by Crippen LogP contribution is 2.32. The first-order valence-corrected chi connectivity index (χ1v) is 10.5. The van der Waals surface area contributed by atoms with E-state index >= 15 is 0 Å². The molecule has 0 unspecified atom stereocenters. The summed E-state index contributed by atoms with van der Waals surface area (Å²) in [5.41, 5.74) is 2.91. The molecule has 3 rings (SSSR count). The van der Waals surface area contributed by atoms with Gasteiger partial charge in [-0.15, -0.1) is 0 Å². The molecule has 0 fully saturated rings. The summed E-state index contributed by atoms with van der Waals surface area (Å²) < 4.78 is 39.4. The van der Waals surface area contributed by atoms with Gasteiger partial charge in [-0.25, -0.2) is 8.42 Å². The maximum absolute atomic E-state index is 12.9. The molecule has 8 heteroatoms. The summed E-state index contributed by atoms with van der Waals surface area (Å²) in [6, 6.07) is 10.1. The molecule has 0 radical (unpaired) electrons. The summed E-state index contributed by atoms with van der Waals surface area (Å²) in [6.45, 7) is 8.02. The number of aromatic nitrogens is 2. The van der Waals surface area contributed by atoms with E-state index in [1.807, 2.05) is 33.8 Å². The topological polar surface area (TPSA) is 94.3 Å². The molecule has 7 nitrogen and oxygen atoms in total. The van der Waals surface area contributed by atoms with E-state index in [0.717, 1.165) is 11.1 Å². The number of hydrogen-bond acceptors (Lipinski definition) is 6. The van der Waals surface area contributed by atoms with Crippen molar-refractivity contribution in [1.29, 1.82) is 0 Å². The Labute approximate surface area is 164 Å². The predicted octanol–water partition coefficient (Wildman–Crippen LogP) is 4.12. The van der Waals surface area contributed by atoms with Crippen molar-refractivity contribution in [1.82, 2.24) is 10.1 Å². The standard InChI is InChI=1S/C20H23N3O4S/c1-5-19-21-20(27-22-19)17-12-16(7-8-18(17)26-6-2)28(24,25)23-15-10-13(3)9-14(4)11-15/h7-12,23H,5-6H2,1-4H3. The van der Waals surface area contributed by atoms with Gasteiger partial charge in [0.2, 0.25) is 0 Å². The molecule has 0 spiro atoms. The van der Waals surface area contributed by atoms with Gasteiger partial charge in [-0.05, 0) is 62.2 Å². The van der Waals surface area contributed by atoms with Gasteiger partial charge in [0.05, 0.1) is 17.1 Å². The molecule has 2 aromatic carbocycles. The van der Waals surface area contributed by atoms with Crippen LogP contribution in [0.3, 0.4) is 0 Å². The number of benzene rings is 2. The van der Waals surface area contributed by atoms with Gasteiger partial charge in [0.1, 0.15) is 5.75 Å². The average Bonchev–Trinajstić information content (AvgIpc) is 3.10. The molecule has 28 heavy (non-hydrogen) atoms. The van der Waals surface area contributed by atoms with E-state index in [9.17, 15) is 8.42 Å². The van der Waals surface area contributed by atoms with Crippen LogP contribution in [0.4, 0.5) is 5.69 Å². The second kappa shape index (κ2) is 8.02. The summed E-state index contributed by atoms with van der Waals surface area (Å²) in [7, 11) is -3.80. The van der Waals surface area contributed by atoms with Crippen molar-refractivity contribution in [3.8, 4) is 17.2 Å². The second-order valence-electron chi connectivity index (χ2n) is 6.44. The fourth-order valence-corrected chi connectivity index (χ4v) is 3.95. The zero-order chi connectivity index (χ0) is 20.3. The van der Waals surface area contributed by atoms with Crippen LogP contribution < -0.4 is 9.46 Å². The van der Waals surface area contributed by atoms with Gasteiger partial charge in [0.25, 0.3) is 15.9 Å². The molecule has 0 atom stereocenters. The van der Waals surface area contributed by atoms with Crippen LogP contribution >= 0.6 is 0 Å². The number of rotatable bonds is 7. The van der Waals surface area contributed by atoms with Crippen LogP contribution in [0.5, 0.6) is 5.75 Å². The highest BCUT2D eigenvalue weighted by molar-refractivity contribution is 7.92. The quantitative estimate of drug-likeness (QED) is 0.640. The lowest BCUT2D eigenvalue weighted by Gasteiger charge is -2.12. The molecular formula is C20H23N3O4S. The van der Waals surface area contributed by atoms with Crippen LogP contribution in [0.2, 0.25) is 0 Å². The van der Waals surface area contributed by atoms with Crippen LogP contribution in [-0.2, 0) is 16.4 Å². The van der Waals surface area contributed by atoms with Crippen LogP contribution in [0.1, 0.15) is 30.8 Å². The van der Waals surface area contributed by atoms with Crippen LogP contribution in [-0.4, -0.2) is 25.2 Å². The smallest absolute Gasteiger partial charge is 0.261 e. The van der Waals surface area contributed by atoms with Gasteiger partial charge in [-0.3, -0.25) is 4.72 Å². The maximum atomic E-state index is 12.9. The van der Waals surface area contributed by atoms with Crippen molar-refractivity contribution in [2.75, 3.05) is 11.3 Å². The fourth-order valence-electron chi connectivity index (χ4n) is 2.88. The van der Waals surface area contributed by atoms with E-state index in [4.69, 9.17) is 9.26 Å². The first-order valence-electron chi connectivity index (χ1n) is 9.03. The minimum absolute atomic E-state index is 0.0846. The third kappa shape index (κ3) is 4.33. The van der Waals surface area contributed by atoms with Gasteiger partial charge in [-0.2, -0.15) is 4.98 Å². The van der Waals surface area contributed by atoms with E-state index in [0.29, 0.717) is 35.9 Å². The fraction of sp³-hybridized carbons (Fsp3) is 0.300. The van der Waals surface area contributed by atoms with Crippen molar-refractivity contribution in [2.24, 2.45) is 0 Å². The third-order valence-electron chi connectivity index (χ3n) is 4.05. The average molecular weight is 401 g/mol. The Hall–Kier alpha value is -2.87. The Morgan fingerprint density at radius 1 is 1.07 bits per heavy atom. The molecule has 0 saturated heterocycles. The Balaban J connectivity index is 2.02. The zero-order valence-corrected chi connectivity index (χ0v) is 17.1. The number of ether oxygens (including phenoxy) is 1. The molecule has 0 aliphatic carbocycles. The minimum atomic E-state index is -3.80. The molecular weight excluding hydrogens is 378 g/mol. The lowest BCUT2D eigenvalue weighted by Crippen LogP contribution is -2.13. The van der Waals surface area contributed by atoms with E-state index in [1.165, 1.54) is 12.1 Å². The maximum Gasteiger partial charge on any atom is 0.261 e. The Morgan fingerprint density at radius 2 is 1.79 bits per heavy atom. The number of aryl methyl sites for hydroxylation is 3. The first-order chi connectivity index (χ1) is 13.3. The van der Waals surface area contributed by atoms with E-state index in [2.05, 4.69) is 14.9 Å². The van der Waals surface area contributed by atoms with Gasteiger partial charge in [-0.1, -0.05) is 18.1 Å². The summed E-state index contributed by atoms with van der Waals surface area (Å²) in [6.07, 6.45) is 0.611. The number of anilines is 1. The van der Waals surface area contributed by atoms with Crippen molar-refractivity contribution in [3.63, 3.8) is 0 Å². The molecule has 0 saturated carbocycles. The normalized spacial score (nSPS) is 11.4. The molecule has 0 aliphatic heterocycles. The lowest BCUT2D eigenvalue weighted by atomic mass is 10.1. The molecule has 3 aromatic rings. The van der Waals surface area contributed by atoms with Gasteiger partial charge < -0.3 is 9.26 Å². The third-order valence-corrected chi connectivity index (χ3v) is 5.43. The molecule has 1 aromatic heterocycles. The van der Waals surface area contributed by atoms with Gasteiger partial charge >= 0.3 is 0 Å². The molecule has 0 aliphatic rings. The van der Waals surface area contributed by atoms with Crippen LogP contribution in [0.15, 0.2) is 45.8 Å². The summed E-state index contributed by atoms with van der Waals surface area (Å²) >= 11 is 0. The SMILES string of the molecule is CCOc1ccc(S(=O)(=O)Nc2cc(C)cc(C)c2)cc1-c1nc(CC)no1. The predicted molar refractivity (Wildman–Crippen MR) is 107 cm³/mol. The highest BCUT2D eigenvalue weighted by atomic mass is 32.2. The first kappa shape index (κ1) is 19.9. The van der Waals surface area contributed by atoms with Crippen molar-refractivity contribution in [2.45, 2.75) is 39.0 Å². The summed E-state index contributed by atoms with van der Waals surface area (Å²) in [5.74, 6) is 1.25. The van der Waals surface area contributed by atoms with Crippen molar-refractivity contribution in [3.05, 3.63) is 53.3 Å². The van der Waals surface area contributed by atoms with Crippen molar-refractivity contribution >= 4 is 15.7 Å². The molecule has 148 valence electrons. The largest absolute Gasteiger partial charge is 0.493 e. The Morgan fingerprint density at radius 3 is 2.39 bits per heavy atom. The molecule has 0 bridgehead atoms. The number of nitrogens with one attached hydrogen (secondary N) is 1. The van der Waals surface area contributed by atoms with Crippen molar-refractivity contribution < 1.29 is 17.7 Å². The van der Waals surface area contributed by atoms with E-state index < -0.39 is 10.0 Å². The van der Waals surface area contributed by atoms with E-state index in [-0.39, 0.29) is 10.8 Å². The number of sulfonamides is 1. The number of nitrogens with zero attached hydrogens (tertiary/aromatic N) is 2. The second-order valence-corrected chi connectivity index (χ2v) is 8.12. The summed E-state index contributed by atoms with van der Waals surface area (Å²) in [5, 5.41) is 3.88.